The number of carboxylic acids is 1. The molecule has 2 N–H and O–H groups in total. The van der Waals surface area contributed by atoms with Crippen LogP contribution in [0.4, 0.5) is 0 Å². The first-order chi connectivity index (χ1) is 11.4. The average Bonchev–Trinajstić information content (AvgIpc) is 3.21. The largest absolute Gasteiger partial charge is 0.496 e. The molecule has 0 unspecified atom stereocenters. The number of benzene rings is 1. The summed E-state index contributed by atoms with van der Waals surface area (Å²) in [7, 11) is 1.64. The van der Waals surface area contributed by atoms with Crippen molar-refractivity contribution in [3.63, 3.8) is 0 Å². The molecule has 1 amide bonds. The second-order valence-corrected chi connectivity index (χ2v) is 7.24. The molecule has 1 aromatic rings. The van der Waals surface area contributed by atoms with Gasteiger partial charge in [0.2, 0.25) is 5.91 Å². The Morgan fingerprint density at radius 3 is 2.42 bits per heavy atom. The minimum Gasteiger partial charge on any atom is -0.496 e. The van der Waals surface area contributed by atoms with Gasteiger partial charge in [0.25, 0.3) is 0 Å². The first kappa shape index (κ1) is 16.8. The first-order valence-electron chi connectivity index (χ1n) is 8.60. The summed E-state index contributed by atoms with van der Waals surface area (Å²) in [5.74, 6) is -0.0607. The molecule has 24 heavy (non-hydrogen) atoms. The van der Waals surface area contributed by atoms with E-state index in [4.69, 9.17) is 4.74 Å². The van der Waals surface area contributed by atoms with Crippen LogP contribution in [0.15, 0.2) is 18.2 Å². The van der Waals surface area contributed by atoms with E-state index in [2.05, 4.69) is 5.32 Å². The van der Waals surface area contributed by atoms with Crippen LogP contribution >= 0.6 is 0 Å². The molecule has 2 fully saturated rings. The number of aryl methyl sites for hydroxylation is 1. The minimum absolute atomic E-state index is 0.0431. The summed E-state index contributed by atoms with van der Waals surface area (Å²) in [6.07, 6.45) is 4.90. The number of hydrogen-bond donors (Lipinski definition) is 2. The molecule has 0 bridgehead atoms. The third-order valence-corrected chi connectivity index (χ3v) is 5.75. The number of ether oxygens (including phenoxy) is 1. The lowest BCUT2D eigenvalue weighted by Gasteiger charge is -2.29. The highest BCUT2D eigenvalue weighted by atomic mass is 16.5. The van der Waals surface area contributed by atoms with Gasteiger partial charge in [-0.25, -0.2) is 0 Å². The maximum absolute atomic E-state index is 13.0. The second kappa shape index (κ2) is 6.11. The summed E-state index contributed by atoms with van der Waals surface area (Å²) >= 11 is 0. The smallest absolute Gasteiger partial charge is 0.311 e. The van der Waals surface area contributed by atoms with E-state index < -0.39 is 16.8 Å². The molecule has 0 atom stereocenters. The fourth-order valence-electron chi connectivity index (χ4n) is 3.78. The van der Waals surface area contributed by atoms with Gasteiger partial charge in [-0.3, -0.25) is 9.59 Å². The van der Waals surface area contributed by atoms with Crippen LogP contribution in [0, 0.1) is 12.3 Å². The van der Waals surface area contributed by atoms with Gasteiger partial charge in [0, 0.05) is 6.54 Å². The molecule has 2 saturated carbocycles. The Morgan fingerprint density at radius 2 is 1.88 bits per heavy atom. The van der Waals surface area contributed by atoms with E-state index in [0.29, 0.717) is 12.8 Å². The average molecular weight is 331 g/mol. The van der Waals surface area contributed by atoms with Gasteiger partial charge in [-0.2, -0.15) is 0 Å². The van der Waals surface area contributed by atoms with Gasteiger partial charge in [0.15, 0.2) is 0 Å². The Labute approximate surface area is 142 Å². The highest BCUT2D eigenvalue weighted by Gasteiger charge is 2.51. The lowest BCUT2D eigenvalue weighted by Crippen LogP contribution is -2.45. The summed E-state index contributed by atoms with van der Waals surface area (Å²) in [5.41, 5.74) is 0.716. The van der Waals surface area contributed by atoms with E-state index >= 15 is 0 Å². The zero-order valence-electron chi connectivity index (χ0n) is 14.4. The molecule has 5 heteroatoms. The number of carbonyl (C=O) groups is 2. The highest BCUT2D eigenvalue weighted by Crippen LogP contribution is 2.46. The summed E-state index contributed by atoms with van der Waals surface area (Å²) in [6.45, 7) is 2.21. The Morgan fingerprint density at radius 1 is 1.21 bits per heavy atom. The number of nitrogens with one attached hydrogen (secondary N) is 1. The molecule has 0 aromatic heterocycles. The maximum Gasteiger partial charge on any atom is 0.311 e. The van der Waals surface area contributed by atoms with Crippen molar-refractivity contribution in [1.82, 2.24) is 5.32 Å². The van der Waals surface area contributed by atoms with E-state index in [0.717, 1.165) is 42.6 Å². The maximum atomic E-state index is 13.0. The van der Waals surface area contributed by atoms with Crippen molar-refractivity contribution in [3.8, 4) is 5.75 Å². The molecule has 2 aliphatic carbocycles. The lowest BCUT2D eigenvalue weighted by atomic mass is 9.77. The van der Waals surface area contributed by atoms with Gasteiger partial charge in [0.05, 0.1) is 17.9 Å². The van der Waals surface area contributed by atoms with Crippen LogP contribution in [0.3, 0.4) is 0 Å². The standard InChI is InChI=1S/C19H25NO4/c1-13-5-6-14(11-15(13)24-2)19(7-3-4-8-19)16(21)20-12-18(9-10-18)17(22)23/h5-6,11H,3-4,7-10,12H2,1-2H3,(H,20,21)(H,22,23). The molecular weight excluding hydrogens is 306 g/mol. The van der Waals surface area contributed by atoms with E-state index in [9.17, 15) is 14.7 Å². The van der Waals surface area contributed by atoms with Gasteiger partial charge < -0.3 is 15.2 Å². The third kappa shape index (κ3) is 2.76. The zero-order valence-corrected chi connectivity index (χ0v) is 14.4. The molecule has 0 spiro atoms. The summed E-state index contributed by atoms with van der Waals surface area (Å²) in [4.78, 5) is 24.3. The Balaban J connectivity index is 1.83. The Bertz CT molecular complexity index is 657. The van der Waals surface area contributed by atoms with E-state index in [1.165, 1.54) is 0 Å². The van der Waals surface area contributed by atoms with Gasteiger partial charge in [-0.1, -0.05) is 25.0 Å². The molecule has 1 aromatic carbocycles. The van der Waals surface area contributed by atoms with Crippen molar-refractivity contribution < 1.29 is 19.4 Å². The zero-order chi connectivity index (χ0) is 17.4. The Kier molecular flexibility index (Phi) is 4.28. The first-order valence-corrected chi connectivity index (χ1v) is 8.60. The predicted octanol–water partition coefficient (Wildman–Crippen LogP) is 2.80. The molecule has 3 rings (SSSR count). The molecule has 130 valence electrons. The molecule has 0 radical (unpaired) electrons. The number of rotatable bonds is 6. The van der Waals surface area contributed by atoms with Crippen molar-refractivity contribution in [1.29, 1.82) is 0 Å². The topological polar surface area (TPSA) is 75.6 Å². The number of amides is 1. The predicted molar refractivity (Wildman–Crippen MR) is 90.2 cm³/mol. The normalized spacial score (nSPS) is 20.4. The number of aliphatic carboxylic acids is 1. The van der Waals surface area contributed by atoms with E-state index in [-0.39, 0.29) is 12.5 Å². The van der Waals surface area contributed by atoms with Crippen LogP contribution in [0.5, 0.6) is 5.75 Å². The van der Waals surface area contributed by atoms with Crippen LogP contribution in [0.2, 0.25) is 0 Å². The van der Waals surface area contributed by atoms with Crippen molar-refractivity contribution in [2.75, 3.05) is 13.7 Å². The third-order valence-electron chi connectivity index (χ3n) is 5.75. The van der Waals surface area contributed by atoms with Crippen LogP contribution in [-0.4, -0.2) is 30.6 Å². The fourth-order valence-corrected chi connectivity index (χ4v) is 3.78. The quantitative estimate of drug-likeness (QED) is 0.840. The fraction of sp³-hybridized carbons (Fsp3) is 0.579. The molecule has 5 nitrogen and oxygen atoms in total. The number of carboxylic acid groups (broad SMARTS) is 1. The van der Waals surface area contributed by atoms with Gasteiger partial charge in [-0.15, -0.1) is 0 Å². The van der Waals surface area contributed by atoms with Gasteiger partial charge >= 0.3 is 5.97 Å². The van der Waals surface area contributed by atoms with Crippen LogP contribution in [0.1, 0.15) is 49.7 Å². The van der Waals surface area contributed by atoms with Crippen LogP contribution in [0.25, 0.3) is 0 Å². The highest BCUT2D eigenvalue weighted by molar-refractivity contribution is 5.89. The molecule has 0 saturated heterocycles. The van der Waals surface area contributed by atoms with E-state index in [1.807, 2.05) is 25.1 Å². The van der Waals surface area contributed by atoms with Crippen molar-refractivity contribution in [2.45, 2.75) is 50.9 Å². The minimum atomic E-state index is -0.805. The second-order valence-electron chi connectivity index (χ2n) is 7.24. The number of carbonyl (C=O) groups excluding carboxylic acids is 1. The van der Waals surface area contributed by atoms with Gasteiger partial charge in [-0.05, 0) is 49.8 Å². The van der Waals surface area contributed by atoms with Crippen molar-refractivity contribution >= 4 is 11.9 Å². The van der Waals surface area contributed by atoms with E-state index in [1.54, 1.807) is 7.11 Å². The monoisotopic (exact) mass is 331 g/mol. The van der Waals surface area contributed by atoms with Crippen molar-refractivity contribution in [3.05, 3.63) is 29.3 Å². The molecule has 0 heterocycles. The molecule has 0 aliphatic heterocycles. The SMILES string of the molecule is COc1cc(C2(C(=O)NCC3(C(=O)O)CC3)CCCC2)ccc1C. The van der Waals surface area contributed by atoms with Gasteiger partial charge in [0.1, 0.15) is 5.75 Å². The van der Waals surface area contributed by atoms with Crippen molar-refractivity contribution in [2.24, 2.45) is 5.41 Å². The molecular formula is C19H25NO4. The lowest BCUT2D eigenvalue weighted by molar-refractivity contribution is -0.143. The van der Waals surface area contributed by atoms with Crippen LogP contribution in [-0.2, 0) is 15.0 Å². The van der Waals surface area contributed by atoms with Crippen LogP contribution < -0.4 is 10.1 Å². The summed E-state index contributed by atoms with van der Waals surface area (Å²) in [5, 5.41) is 12.2. The summed E-state index contributed by atoms with van der Waals surface area (Å²) in [6, 6.07) is 5.96. The number of hydrogen-bond acceptors (Lipinski definition) is 3. The molecule has 2 aliphatic rings. The summed E-state index contributed by atoms with van der Waals surface area (Å²) < 4.78 is 5.42. The number of methoxy groups -OCH3 is 1. The Hall–Kier alpha value is -2.04.